The molecule has 0 radical (unpaired) electrons. The van der Waals surface area contributed by atoms with Gasteiger partial charge in [-0.2, -0.15) is 0 Å². The molecule has 3 N–H and O–H groups in total. The molecule has 0 saturated heterocycles. The minimum atomic E-state index is -0.252. The van der Waals surface area contributed by atoms with Crippen LogP contribution in [0, 0.1) is 9.39 Å². The fourth-order valence-corrected chi connectivity index (χ4v) is 3.47. The van der Waals surface area contributed by atoms with Crippen LogP contribution in [0.15, 0.2) is 30.3 Å². The lowest BCUT2D eigenvalue weighted by molar-refractivity contribution is 0.615. The van der Waals surface area contributed by atoms with Crippen LogP contribution in [-0.4, -0.2) is 0 Å². The van der Waals surface area contributed by atoms with Gasteiger partial charge in [0.05, 0.1) is 10.4 Å². The molecule has 0 fully saturated rings. The summed E-state index contributed by atoms with van der Waals surface area (Å²) < 4.78 is 14.6. The topological polar surface area (TPSA) is 38.0 Å². The average Bonchev–Trinajstić information content (AvgIpc) is 2.69. The third-order valence-electron chi connectivity index (χ3n) is 2.32. The van der Waals surface area contributed by atoms with Crippen molar-refractivity contribution in [3.8, 4) is 0 Å². The van der Waals surface area contributed by atoms with Gasteiger partial charge >= 0.3 is 0 Å². The highest BCUT2D eigenvalue weighted by molar-refractivity contribution is 14.1. The maximum absolute atomic E-state index is 13.0. The highest BCUT2D eigenvalue weighted by Crippen LogP contribution is 2.32. The molecule has 0 amide bonds. The minimum Gasteiger partial charge on any atom is -0.271 e. The van der Waals surface area contributed by atoms with Crippen LogP contribution in [0.5, 0.6) is 0 Å². The number of nitrogens with two attached hydrogens (primary N) is 1. The number of rotatable bonds is 3. The Morgan fingerprint density at radius 1 is 1.35 bits per heavy atom. The van der Waals surface area contributed by atoms with E-state index in [9.17, 15) is 4.39 Å². The van der Waals surface area contributed by atoms with E-state index in [4.69, 9.17) is 17.4 Å². The van der Waals surface area contributed by atoms with Crippen LogP contribution < -0.4 is 11.3 Å². The normalized spacial score (nSPS) is 12.7. The Morgan fingerprint density at radius 3 is 2.65 bits per heavy atom. The SMILES string of the molecule is NNC(c1ccc(Cl)s1)c1ccc(F)cc1I. The fraction of sp³-hybridized carbons (Fsp3) is 0.0909. The van der Waals surface area contributed by atoms with Crippen molar-refractivity contribution in [3.63, 3.8) is 0 Å². The first kappa shape index (κ1) is 13.2. The largest absolute Gasteiger partial charge is 0.271 e. The number of hydrogen-bond acceptors (Lipinski definition) is 3. The Kier molecular flexibility index (Phi) is 4.37. The fourth-order valence-electron chi connectivity index (χ4n) is 1.54. The lowest BCUT2D eigenvalue weighted by Gasteiger charge is -2.16. The molecule has 0 saturated carbocycles. The molecule has 90 valence electrons. The van der Waals surface area contributed by atoms with Gasteiger partial charge < -0.3 is 0 Å². The van der Waals surface area contributed by atoms with Crippen LogP contribution in [0.4, 0.5) is 4.39 Å². The van der Waals surface area contributed by atoms with Crippen molar-refractivity contribution in [3.05, 3.63) is 54.5 Å². The van der Waals surface area contributed by atoms with Gasteiger partial charge in [0, 0.05) is 8.45 Å². The summed E-state index contributed by atoms with van der Waals surface area (Å²) in [4.78, 5) is 1.00. The standard InChI is InChI=1S/C11H9ClFIN2S/c12-10-4-3-9(17-10)11(16-15)7-2-1-6(13)5-8(7)14/h1-5,11,16H,15H2. The molecule has 1 aromatic heterocycles. The Bertz CT molecular complexity index is 532. The van der Waals surface area contributed by atoms with E-state index in [-0.39, 0.29) is 11.9 Å². The second-order valence-corrected chi connectivity index (χ2v) is 6.32. The van der Waals surface area contributed by atoms with E-state index >= 15 is 0 Å². The summed E-state index contributed by atoms with van der Waals surface area (Å²) in [6.07, 6.45) is 0. The molecule has 1 unspecified atom stereocenters. The van der Waals surface area contributed by atoms with E-state index < -0.39 is 0 Å². The van der Waals surface area contributed by atoms with Gasteiger partial charge in [0.25, 0.3) is 0 Å². The Hall–Kier alpha value is -0.210. The Morgan fingerprint density at radius 2 is 2.12 bits per heavy atom. The summed E-state index contributed by atoms with van der Waals surface area (Å²) in [7, 11) is 0. The number of nitrogens with one attached hydrogen (secondary N) is 1. The molecule has 2 rings (SSSR count). The monoisotopic (exact) mass is 382 g/mol. The van der Waals surface area contributed by atoms with Gasteiger partial charge in [0.1, 0.15) is 5.82 Å². The van der Waals surface area contributed by atoms with E-state index in [1.165, 1.54) is 23.5 Å². The number of hydrazine groups is 1. The first-order valence-corrected chi connectivity index (χ1v) is 7.05. The zero-order chi connectivity index (χ0) is 12.4. The molecule has 2 nitrogen and oxygen atoms in total. The summed E-state index contributed by atoms with van der Waals surface area (Å²) in [6, 6.07) is 8.21. The van der Waals surface area contributed by atoms with Gasteiger partial charge in [-0.3, -0.25) is 5.84 Å². The Balaban J connectivity index is 2.42. The van der Waals surface area contributed by atoms with Crippen LogP contribution >= 0.6 is 45.5 Å². The first-order valence-electron chi connectivity index (χ1n) is 4.78. The number of benzene rings is 1. The number of halogens is 3. The molecule has 1 atom stereocenters. The molecule has 17 heavy (non-hydrogen) atoms. The highest BCUT2D eigenvalue weighted by atomic mass is 127. The predicted octanol–water partition coefficient (Wildman–Crippen LogP) is 3.70. The smallest absolute Gasteiger partial charge is 0.124 e. The second-order valence-electron chi connectivity index (χ2n) is 3.41. The second kappa shape index (κ2) is 5.62. The van der Waals surface area contributed by atoms with E-state index in [1.807, 2.05) is 12.1 Å². The van der Waals surface area contributed by atoms with Gasteiger partial charge in [-0.1, -0.05) is 17.7 Å². The van der Waals surface area contributed by atoms with Crippen LogP contribution in [0.3, 0.4) is 0 Å². The zero-order valence-corrected chi connectivity index (χ0v) is 12.3. The van der Waals surface area contributed by atoms with Crippen molar-refractivity contribution in [1.29, 1.82) is 0 Å². The summed E-state index contributed by atoms with van der Waals surface area (Å²) in [5.74, 6) is 5.32. The lowest BCUT2D eigenvalue weighted by atomic mass is 10.1. The molecule has 1 heterocycles. The van der Waals surface area contributed by atoms with Crippen LogP contribution in [0.2, 0.25) is 4.34 Å². The van der Waals surface area contributed by atoms with Crippen LogP contribution in [0.1, 0.15) is 16.5 Å². The van der Waals surface area contributed by atoms with Crippen molar-refractivity contribution < 1.29 is 4.39 Å². The van der Waals surface area contributed by atoms with Crippen LogP contribution in [-0.2, 0) is 0 Å². The zero-order valence-electron chi connectivity index (χ0n) is 8.58. The maximum atomic E-state index is 13.0. The lowest BCUT2D eigenvalue weighted by Crippen LogP contribution is -2.28. The summed E-state index contributed by atoms with van der Waals surface area (Å²) in [6.45, 7) is 0. The van der Waals surface area contributed by atoms with E-state index in [0.29, 0.717) is 4.34 Å². The third-order valence-corrected chi connectivity index (χ3v) is 4.55. The molecule has 0 aliphatic heterocycles. The predicted molar refractivity (Wildman–Crippen MR) is 77.6 cm³/mol. The first-order chi connectivity index (χ1) is 8.11. The van der Waals surface area contributed by atoms with E-state index in [0.717, 1.165) is 14.0 Å². The maximum Gasteiger partial charge on any atom is 0.124 e. The average molecular weight is 383 g/mol. The van der Waals surface area contributed by atoms with Crippen molar-refractivity contribution in [1.82, 2.24) is 5.43 Å². The van der Waals surface area contributed by atoms with Crippen molar-refractivity contribution in [2.45, 2.75) is 6.04 Å². The Labute approximate surface area is 121 Å². The third kappa shape index (κ3) is 2.97. The minimum absolute atomic E-state index is 0.167. The molecule has 2 aromatic rings. The molecule has 0 bridgehead atoms. The van der Waals surface area contributed by atoms with E-state index in [2.05, 4.69) is 28.0 Å². The summed E-state index contributed by atoms with van der Waals surface area (Å²) >= 11 is 9.45. The molecule has 0 spiro atoms. The van der Waals surface area contributed by atoms with Gasteiger partial charge in [0.15, 0.2) is 0 Å². The quantitative estimate of drug-likeness (QED) is 0.483. The van der Waals surface area contributed by atoms with Gasteiger partial charge in [-0.15, -0.1) is 11.3 Å². The molecule has 1 aromatic carbocycles. The molecule has 0 aliphatic carbocycles. The molecular weight excluding hydrogens is 374 g/mol. The van der Waals surface area contributed by atoms with E-state index in [1.54, 1.807) is 6.07 Å². The number of thiophene rings is 1. The van der Waals surface area contributed by atoms with Crippen LogP contribution in [0.25, 0.3) is 0 Å². The van der Waals surface area contributed by atoms with Crippen molar-refractivity contribution in [2.24, 2.45) is 5.84 Å². The highest BCUT2D eigenvalue weighted by Gasteiger charge is 2.17. The molecule has 0 aliphatic rings. The number of hydrogen-bond donors (Lipinski definition) is 2. The molecule has 6 heteroatoms. The van der Waals surface area contributed by atoms with Gasteiger partial charge in [-0.05, 0) is 52.4 Å². The van der Waals surface area contributed by atoms with Crippen molar-refractivity contribution in [2.75, 3.05) is 0 Å². The van der Waals surface area contributed by atoms with Crippen molar-refractivity contribution >= 4 is 45.5 Å². The van der Waals surface area contributed by atoms with Gasteiger partial charge in [0.2, 0.25) is 0 Å². The van der Waals surface area contributed by atoms with Gasteiger partial charge in [-0.25, -0.2) is 9.82 Å². The summed E-state index contributed by atoms with van der Waals surface area (Å²) in [5.41, 5.74) is 3.67. The summed E-state index contributed by atoms with van der Waals surface area (Å²) in [5, 5.41) is 0. The molecular formula is C11H9ClFIN2S.